The second-order valence-corrected chi connectivity index (χ2v) is 9.34. The summed E-state index contributed by atoms with van der Waals surface area (Å²) in [7, 11) is 1.86. The highest BCUT2D eigenvalue weighted by Gasteiger charge is 2.13. The van der Waals surface area contributed by atoms with E-state index in [0.29, 0.717) is 35.8 Å². The first-order chi connectivity index (χ1) is 14.2. The molecule has 0 unspecified atom stereocenters. The number of nitrogens with zero attached hydrogens (tertiary/aromatic N) is 3. The van der Waals surface area contributed by atoms with Gasteiger partial charge in [-0.15, -0.1) is 11.3 Å². The van der Waals surface area contributed by atoms with E-state index in [2.05, 4.69) is 53.4 Å². The molecule has 0 aliphatic carbocycles. The number of H-pyrrole nitrogens is 1. The molecule has 0 bridgehead atoms. The van der Waals surface area contributed by atoms with Crippen molar-refractivity contribution in [2.75, 3.05) is 11.9 Å². The zero-order valence-corrected chi connectivity index (χ0v) is 19.3. The lowest BCUT2D eigenvalue weighted by molar-refractivity contribution is -0.116. The van der Waals surface area contributed by atoms with Crippen molar-refractivity contribution in [2.24, 2.45) is 7.05 Å². The van der Waals surface area contributed by atoms with Crippen LogP contribution in [0.25, 0.3) is 0 Å². The molecule has 2 heterocycles. The van der Waals surface area contributed by atoms with Gasteiger partial charge in [-0.2, -0.15) is 5.10 Å². The van der Waals surface area contributed by atoms with E-state index in [9.17, 15) is 4.79 Å². The number of amides is 1. The summed E-state index contributed by atoms with van der Waals surface area (Å²) in [5.41, 5.74) is 2.23. The average molecular weight is 446 g/mol. The molecule has 0 atom stereocenters. The molecule has 1 amide bonds. The van der Waals surface area contributed by atoms with Crippen LogP contribution in [-0.4, -0.2) is 32.3 Å². The lowest BCUT2D eigenvalue weighted by atomic mass is 9.87. The standard InChI is InChI=1S/C21H27N5O2S2/c1-21(2,3)14-7-9-16(10-8-14)28-11-5-6-18(27)23-19-22-15(13-30-19)12-17-24-25-20(29)26(17)4/h7-10,13H,5-6,11-12H2,1-4H3,(H,25,29)(H,22,23,27). The predicted octanol–water partition coefficient (Wildman–Crippen LogP) is 4.62. The molecule has 30 heavy (non-hydrogen) atoms. The van der Waals surface area contributed by atoms with Crippen LogP contribution < -0.4 is 10.1 Å². The van der Waals surface area contributed by atoms with Gasteiger partial charge >= 0.3 is 0 Å². The van der Waals surface area contributed by atoms with Crippen LogP contribution >= 0.6 is 23.6 Å². The zero-order chi connectivity index (χ0) is 21.7. The first kappa shape index (κ1) is 22.2. The summed E-state index contributed by atoms with van der Waals surface area (Å²) in [5, 5.41) is 12.3. The van der Waals surface area contributed by atoms with Gasteiger partial charge < -0.3 is 14.6 Å². The molecule has 3 rings (SSSR count). The monoisotopic (exact) mass is 445 g/mol. The molecule has 7 nitrogen and oxygen atoms in total. The lowest BCUT2D eigenvalue weighted by Gasteiger charge is -2.19. The number of nitrogens with one attached hydrogen (secondary N) is 2. The molecule has 160 valence electrons. The Morgan fingerprint density at radius 2 is 2.03 bits per heavy atom. The second kappa shape index (κ2) is 9.53. The number of thiazole rings is 1. The number of benzene rings is 1. The van der Waals surface area contributed by atoms with Crippen molar-refractivity contribution in [3.05, 3.63) is 51.5 Å². The number of hydrogen-bond donors (Lipinski definition) is 2. The molecule has 0 aliphatic heterocycles. The van der Waals surface area contributed by atoms with Gasteiger partial charge in [-0.05, 0) is 41.7 Å². The molecule has 0 aliphatic rings. The van der Waals surface area contributed by atoms with Gasteiger partial charge in [-0.25, -0.2) is 4.98 Å². The molecule has 2 N–H and O–H groups in total. The Hall–Kier alpha value is -2.52. The van der Waals surface area contributed by atoms with Crippen molar-refractivity contribution in [1.82, 2.24) is 19.7 Å². The van der Waals surface area contributed by atoms with Gasteiger partial charge in [0.25, 0.3) is 0 Å². The number of anilines is 1. The van der Waals surface area contributed by atoms with Gasteiger partial charge in [0.05, 0.1) is 18.7 Å². The minimum atomic E-state index is -0.0688. The Balaban J connectivity index is 1.40. The summed E-state index contributed by atoms with van der Waals surface area (Å²) in [5.74, 6) is 1.55. The highest BCUT2D eigenvalue weighted by molar-refractivity contribution is 7.71. The van der Waals surface area contributed by atoms with E-state index in [1.165, 1.54) is 16.9 Å². The number of aromatic amines is 1. The van der Waals surface area contributed by atoms with Crippen LogP contribution in [0.1, 0.15) is 50.7 Å². The van der Waals surface area contributed by atoms with Gasteiger partial charge in [0.1, 0.15) is 11.6 Å². The van der Waals surface area contributed by atoms with Gasteiger partial charge in [0.15, 0.2) is 9.90 Å². The summed E-state index contributed by atoms with van der Waals surface area (Å²) in [6, 6.07) is 8.12. The number of aromatic nitrogens is 4. The maximum atomic E-state index is 12.2. The van der Waals surface area contributed by atoms with Crippen LogP contribution in [0.4, 0.5) is 5.13 Å². The molecule has 1 aromatic carbocycles. The zero-order valence-electron chi connectivity index (χ0n) is 17.7. The Morgan fingerprint density at radius 3 is 2.67 bits per heavy atom. The highest BCUT2D eigenvalue weighted by Crippen LogP contribution is 2.24. The van der Waals surface area contributed by atoms with E-state index in [1.54, 1.807) is 0 Å². The van der Waals surface area contributed by atoms with Crippen LogP contribution in [0.5, 0.6) is 5.75 Å². The molecule has 0 radical (unpaired) electrons. The normalized spacial score (nSPS) is 11.5. The predicted molar refractivity (Wildman–Crippen MR) is 122 cm³/mol. The molecule has 0 saturated carbocycles. The van der Waals surface area contributed by atoms with E-state index in [-0.39, 0.29) is 11.3 Å². The third-order valence-corrected chi connectivity index (χ3v) is 5.82. The van der Waals surface area contributed by atoms with Crippen molar-refractivity contribution < 1.29 is 9.53 Å². The summed E-state index contributed by atoms with van der Waals surface area (Å²) in [4.78, 5) is 16.6. The minimum Gasteiger partial charge on any atom is -0.494 e. The summed E-state index contributed by atoms with van der Waals surface area (Å²) < 4.78 is 8.12. The van der Waals surface area contributed by atoms with Crippen molar-refractivity contribution in [3.63, 3.8) is 0 Å². The van der Waals surface area contributed by atoms with Crippen LogP contribution in [-0.2, 0) is 23.7 Å². The Kier molecular flexibility index (Phi) is 7.04. The Bertz CT molecular complexity index is 1040. The number of hydrogen-bond acceptors (Lipinski definition) is 6. The van der Waals surface area contributed by atoms with Crippen molar-refractivity contribution in [3.8, 4) is 5.75 Å². The average Bonchev–Trinajstić information content (AvgIpc) is 3.26. The fourth-order valence-corrected chi connectivity index (χ4v) is 3.68. The van der Waals surface area contributed by atoms with Gasteiger partial charge in [0, 0.05) is 18.8 Å². The molecule has 3 aromatic rings. The summed E-state index contributed by atoms with van der Waals surface area (Å²) in [6.07, 6.45) is 1.57. The van der Waals surface area contributed by atoms with Crippen LogP contribution in [0.3, 0.4) is 0 Å². The smallest absolute Gasteiger partial charge is 0.226 e. The molecule has 2 aromatic heterocycles. The quantitative estimate of drug-likeness (QED) is 0.390. The van der Waals surface area contributed by atoms with Crippen molar-refractivity contribution >= 4 is 34.6 Å². The number of rotatable bonds is 8. The lowest BCUT2D eigenvalue weighted by Crippen LogP contribution is -2.13. The molecule has 0 fully saturated rings. The Labute approximate surface area is 185 Å². The topological polar surface area (TPSA) is 84.8 Å². The van der Waals surface area contributed by atoms with Gasteiger partial charge in [-0.1, -0.05) is 32.9 Å². The number of carbonyl (C=O) groups excluding carboxylic acids is 1. The second-order valence-electron chi connectivity index (χ2n) is 8.10. The maximum Gasteiger partial charge on any atom is 0.226 e. The molecular formula is C21H27N5O2S2. The van der Waals surface area contributed by atoms with Gasteiger partial charge in [0.2, 0.25) is 5.91 Å². The first-order valence-corrected chi connectivity index (χ1v) is 11.1. The minimum absolute atomic E-state index is 0.0688. The largest absolute Gasteiger partial charge is 0.494 e. The van der Waals surface area contributed by atoms with E-state index < -0.39 is 0 Å². The van der Waals surface area contributed by atoms with Gasteiger partial charge in [-0.3, -0.25) is 9.89 Å². The summed E-state index contributed by atoms with van der Waals surface area (Å²) >= 11 is 6.52. The SMILES string of the molecule is Cn1c(Cc2csc(NC(=O)CCCOc3ccc(C(C)(C)C)cc3)n2)n[nH]c1=S. The molecular weight excluding hydrogens is 418 g/mol. The third kappa shape index (κ3) is 5.99. The third-order valence-electron chi connectivity index (χ3n) is 4.65. The van der Waals surface area contributed by atoms with Crippen LogP contribution in [0.15, 0.2) is 29.6 Å². The van der Waals surface area contributed by atoms with E-state index in [4.69, 9.17) is 17.0 Å². The van der Waals surface area contributed by atoms with E-state index in [0.717, 1.165) is 17.3 Å². The number of ether oxygens (including phenoxy) is 1. The van der Waals surface area contributed by atoms with Crippen molar-refractivity contribution in [2.45, 2.75) is 45.4 Å². The molecule has 0 saturated heterocycles. The van der Waals surface area contributed by atoms with Crippen LogP contribution in [0, 0.1) is 4.77 Å². The molecule has 9 heteroatoms. The molecule has 0 spiro atoms. The van der Waals surface area contributed by atoms with Crippen LogP contribution in [0.2, 0.25) is 0 Å². The fraction of sp³-hybridized carbons (Fsp3) is 0.429. The van der Waals surface area contributed by atoms with E-state index in [1.807, 2.05) is 29.1 Å². The van der Waals surface area contributed by atoms with E-state index >= 15 is 0 Å². The number of carbonyl (C=O) groups is 1. The highest BCUT2D eigenvalue weighted by atomic mass is 32.1. The Morgan fingerprint density at radius 1 is 1.30 bits per heavy atom. The van der Waals surface area contributed by atoms with Crippen molar-refractivity contribution in [1.29, 1.82) is 0 Å². The fourth-order valence-electron chi connectivity index (χ4n) is 2.80. The maximum absolute atomic E-state index is 12.2. The first-order valence-electron chi connectivity index (χ1n) is 9.80. The summed E-state index contributed by atoms with van der Waals surface area (Å²) in [6.45, 7) is 7.03.